The van der Waals surface area contributed by atoms with Gasteiger partial charge in [0.15, 0.2) is 0 Å². The maximum atomic E-state index is 11.7. The molecule has 0 radical (unpaired) electrons. The number of carboxylic acids is 1. The molecule has 2 aliphatic heterocycles. The number of hydrogen-bond donors (Lipinski definition) is 1. The number of carbonyl (C=O) groups is 2. The number of amides is 1. The molecule has 2 heterocycles. The first-order chi connectivity index (χ1) is 7.58. The third kappa shape index (κ3) is 2.19. The Kier molecular flexibility index (Phi) is 3.14. The average molecular weight is 226 g/mol. The van der Waals surface area contributed by atoms with Gasteiger partial charge in [-0.1, -0.05) is 0 Å². The average Bonchev–Trinajstić information content (AvgIpc) is 2.60. The van der Waals surface area contributed by atoms with Gasteiger partial charge in [0.2, 0.25) is 5.91 Å². The van der Waals surface area contributed by atoms with E-state index in [-0.39, 0.29) is 18.4 Å². The van der Waals surface area contributed by atoms with Gasteiger partial charge in [-0.25, -0.2) is 0 Å². The van der Waals surface area contributed by atoms with E-state index >= 15 is 0 Å². The van der Waals surface area contributed by atoms with Gasteiger partial charge in [-0.15, -0.1) is 0 Å². The third-order valence-corrected chi connectivity index (χ3v) is 3.55. The summed E-state index contributed by atoms with van der Waals surface area (Å²) in [5.74, 6) is -1.34. The Morgan fingerprint density at radius 3 is 2.75 bits per heavy atom. The molecule has 2 saturated heterocycles. The van der Waals surface area contributed by atoms with Crippen molar-refractivity contribution in [3.05, 3.63) is 0 Å². The molecule has 2 fully saturated rings. The predicted octanol–water partition coefficient (Wildman–Crippen LogP) is 0.0137. The van der Waals surface area contributed by atoms with Crippen molar-refractivity contribution >= 4 is 11.9 Å². The molecule has 90 valence electrons. The number of carboxylic acid groups (broad SMARTS) is 1. The molecule has 0 aromatic rings. The number of piperidine rings is 1. The Hall–Kier alpha value is -1.10. The van der Waals surface area contributed by atoms with Crippen molar-refractivity contribution in [2.24, 2.45) is 5.92 Å². The highest BCUT2D eigenvalue weighted by atomic mass is 16.4. The van der Waals surface area contributed by atoms with E-state index in [4.69, 9.17) is 5.11 Å². The molecular formula is C11H18N2O3. The maximum absolute atomic E-state index is 11.7. The van der Waals surface area contributed by atoms with Crippen LogP contribution in [0.4, 0.5) is 0 Å². The second-order valence-electron chi connectivity index (χ2n) is 4.84. The SMILES string of the molecule is CN1CCCC(N2CC(C(=O)O)CC2=O)C1. The number of aliphatic carboxylic acids is 1. The Morgan fingerprint density at radius 2 is 2.19 bits per heavy atom. The minimum absolute atomic E-state index is 0.00713. The molecule has 0 aromatic heterocycles. The normalized spacial score (nSPS) is 32.1. The molecule has 1 amide bonds. The van der Waals surface area contributed by atoms with Crippen LogP contribution < -0.4 is 0 Å². The summed E-state index contributed by atoms with van der Waals surface area (Å²) in [7, 11) is 2.04. The first-order valence-corrected chi connectivity index (χ1v) is 5.78. The highest BCUT2D eigenvalue weighted by Gasteiger charge is 2.38. The Morgan fingerprint density at radius 1 is 1.44 bits per heavy atom. The molecule has 2 rings (SSSR count). The zero-order valence-electron chi connectivity index (χ0n) is 9.56. The van der Waals surface area contributed by atoms with Crippen LogP contribution in [0.3, 0.4) is 0 Å². The Balaban J connectivity index is 1.99. The quantitative estimate of drug-likeness (QED) is 0.720. The van der Waals surface area contributed by atoms with Crippen molar-refractivity contribution in [1.82, 2.24) is 9.80 Å². The summed E-state index contributed by atoms with van der Waals surface area (Å²) in [5.41, 5.74) is 0. The second kappa shape index (κ2) is 4.41. The molecule has 2 atom stereocenters. The lowest BCUT2D eigenvalue weighted by molar-refractivity contribution is -0.141. The molecular weight excluding hydrogens is 208 g/mol. The smallest absolute Gasteiger partial charge is 0.308 e. The van der Waals surface area contributed by atoms with Crippen LogP contribution in [0.2, 0.25) is 0 Å². The standard InChI is InChI=1S/C11H18N2O3/c1-12-4-2-3-9(7-12)13-6-8(11(15)16)5-10(13)14/h8-9H,2-7H2,1H3,(H,15,16). The van der Waals surface area contributed by atoms with Crippen molar-refractivity contribution in [1.29, 1.82) is 0 Å². The zero-order valence-corrected chi connectivity index (χ0v) is 9.56. The lowest BCUT2D eigenvalue weighted by Gasteiger charge is -2.35. The number of carbonyl (C=O) groups excluding carboxylic acids is 1. The van der Waals surface area contributed by atoms with Crippen molar-refractivity contribution in [3.63, 3.8) is 0 Å². The van der Waals surface area contributed by atoms with Gasteiger partial charge in [0.25, 0.3) is 0 Å². The summed E-state index contributed by atoms with van der Waals surface area (Å²) >= 11 is 0. The second-order valence-corrected chi connectivity index (χ2v) is 4.84. The fourth-order valence-electron chi connectivity index (χ4n) is 2.64. The highest BCUT2D eigenvalue weighted by molar-refractivity contribution is 5.86. The number of likely N-dealkylation sites (N-methyl/N-ethyl adjacent to an activating group) is 1. The van der Waals surface area contributed by atoms with Gasteiger partial charge >= 0.3 is 5.97 Å². The van der Waals surface area contributed by atoms with Crippen LogP contribution in [0.1, 0.15) is 19.3 Å². The van der Waals surface area contributed by atoms with Crippen molar-refractivity contribution in [2.45, 2.75) is 25.3 Å². The fourth-order valence-corrected chi connectivity index (χ4v) is 2.64. The Bertz CT molecular complexity index is 306. The largest absolute Gasteiger partial charge is 0.481 e. The number of rotatable bonds is 2. The van der Waals surface area contributed by atoms with Gasteiger partial charge in [-0.3, -0.25) is 9.59 Å². The predicted molar refractivity (Wildman–Crippen MR) is 58.0 cm³/mol. The lowest BCUT2D eigenvalue weighted by atomic mass is 10.0. The molecule has 0 saturated carbocycles. The van der Waals surface area contributed by atoms with E-state index in [0.717, 1.165) is 25.9 Å². The first-order valence-electron chi connectivity index (χ1n) is 5.78. The summed E-state index contributed by atoms with van der Waals surface area (Å²) in [5, 5.41) is 8.91. The Labute approximate surface area is 95.0 Å². The van der Waals surface area contributed by atoms with Crippen LogP contribution in [0.5, 0.6) is 0 Å². The van der Waals surface area contributed by atoms with E-state index in [1.807, 2.05) is 7.05 Å². The third-order valence-electron chi connectivity index (χ3n) is 3.55. The van der Waals surface area contributed by atoms with Gasteiger partial charge in [-0.2, -0.15) is 0 Å². The summed E-state index contributed by atoms with van der Waals surface area (Å²) in [6.45, 7) is 2.34. The molecule has 1 N–H and O–H groups in total. The summed E-state index contributed by atoms with van der Waals surface area (Å²) in [6, 6.07) is 0.218. The molecule has 5 nitrogen and oxygen atoms in total. The van der Waals surface area contributed by atoms with Gasteiger partial charge in [0.05, 0.1) is 5.92 Å². The molecule has 2 unspecified atom stereocenters. The van der Waals surface area contributed by atoms with E-state index in [2.05, 4.69) is 4.90 Å². The monoisotopic (exact) mass is 226 g/mol. The van der Waals surface area contributed by atoms with E-state index in [0.29, 0.717) is 6.54 Å². The molecule has 0 spiro atoms. The fraction of sp³-hybridized carbons (Fsp3) is 0.818. The van der Waals surface area contributed by atoms with Gasteiger partial charge in [-0.05, 0) is 26.4 Å². The molecule has 16 heavy (non-hydrogen) atoms. The van der Waals surface area contributed by atoms with Crippen molar-refractivity contribution in [2.75, 3.05) is 26.7 Å². The van der Waals surface area contributed by atoms with Gasteiger partial charge in [0, 0.05) is 25.6 Å². The van der Waals surface area contributed by atoms with Crippen LogP contribution in [0, 0.1) is 5.92 Å². The van der Waals surface area contributed by atoms with Gasteiger partial charge < -0.3 is 14.9 Å². The summed E-state index contributed by atoms with van der Waals surface area (Å²) < 4.78 is 0. The molecule has 2 aliphatic rings. The minimum Gasteiger partial charge on any atom is -0.481 e. The van der Waals surface area contributed by atoms with E-state index < -0.39 is 11.9 Å². The van der Waals surface area contributed by atoms with E-state index in [1.54, 1.807) is 4.90 Å². The van der Waals surface area contributed by atoms with Crippen LogP contribution in [-0.2, 0) is 9.59 Å². The number of nitrogens with zero attached hydrogens (tertiary/aromatic N) is 2. The number of likely N-dealkylation sites (tertiary alicyclic amines) is 2. The van der Waals surface area contributed by atoms with E-state index in [1.165, 1.54) is 0 Å². The van der Waals surface area contributed by atoms with E-state index in [9.17, 15) is 9.59 Å². The summed E-state index contributed by atoms with van der Waals surface area (Å²) in [6.07, 6.45) is 2.26. The lowest BCUT2D eigenvalue weighted by Crippen LogP contribution is -2.47. The number of hydrogen-bond acceptors (Lipinski definition) is 3. The molecule has 5 heteroatoms. The molecule has 0 aromatic carbocycles. The molecule has 0 bridgehead atoms. The maximum Gasteiger partial charge on any atom is 0.308 e. The highest BCUT2D eigenvalue weighted by Crippen LogP contribution is 2.24. The zero-order chi connectivity index (χ0) is 11.7. The first kappa shape index (κ1) is 11.4. The minimum atomic E-state index is -0.847. The van der Waals surface area contributed by atoms with Crippen molar-refractivity contribution < 1.29 is 14.7 Å². The topological polar surface area (TPSA) is 60.9 Å². The van der Waals surface area contributed by atoms with Crippen LogP contribution in [0.25, 0.3) is 0 Å². The van der Waals surface area contributed by atoms with Crippen LogP contribution in [-0.4, -0.2) is 59.5 Å². The van der Waals surface area contributed by atoms with Crippen LogP contribution in [0.15, 0.2) is 0 Å². The van der Waals surface area contributed by atoms with Crippen molar-refractivity contribution in [3.8, 4) is 0 Å². The van der Waals surface area contributed by atoms with Crippen LogP contribution >= 0.6 is 0 Å². The van der Waals surface area contributed by atoms with Gasteiger partial charge in [0.1, 0.15) is 0 Å². The molecule has 0 aliphatic carbocycles. The summed E-state index contributed by atoms with van der Waals surface area (Å²) in [4.78, 5) is 26.6.